The Morgan fingerprint density at radius 1 is 1.00 bits per heavy atom. The van der Waals surface area contributed by atoms with Gasteiger partial charge in [-0.25, -0.2) is 0 Å². The van der Waals surface area contributed by atoms with Crippen LogP contribution in [-0.2, 0) is 0 Å². The molecule has 0 aliphatic rings. The lowest BCUT2D eigenvalue weighted by Gasteiger charge is -1.48. The summed E-state index contributed by atoms with van der Waals surface area (Å²) in [6.45, 7) is 4.19. The number of hydrogen-bond donors (Lipinski definition) is 0. The largest absolute Gasteiger partial charge is 0.147 e. The molecule has 0 bridgehead atoms. The molecular weight excluding hydrogens is 126 g/mol. The highest BCUT2D eigenvalue weighted by Gasteiger charge is 1.35. The van der Waals surface area contributed by atoms with Crippen molar-refractivity contribution in [1.29, 1.82) is 0 Å². The molecule has 0 fully saturated rings. The first-order valence-corrected chi connectivity index (χ1v) is 2.68. The van der Waals surface area contributed by atoms with Gasteiger partial charge in [0.2, 0.25) is 0 Å². The maximum Gasteiger partial charge on any atom is -0.0408 e. The Kier molecular flexibility index (Phi) is 66.4. The smallest absolute Gasteiger partial charge is 0.0408 e. The second-order valence-electron chi connectivity index (χ2n) is 0.447. The standard InChI is InChI=1S/C2H6P.2ClH/c1-3-2;;/h1-2H3;2*1H. The average Bonchev–Trinajstić information content (AvgIpc) is 0.918. The monoisotopic (exact) mass is 133 g/mol. The van der Waals surface area contributed by atoms with Gasteiger partial charge < -0.3 is 0 Å². The van der Waals surface area contributed by atoms with E-state index in [4.69, 9.17) is 0 Å². The first kappa shape index (κ1) is 16.7. The third-order valence-corrected chi connectivity index (χ3v) is 0. The lowest BCUT2D eigenvalue weighted by Crippen LogP contribution is -1.18. The molecule has 5 heavy (non-hydrogen) atoms. The van der Waals surface area contributed by atoms with Crippen LogP contribution in [0.15, 0.2) is 0 Å². The Bertz CT molecular complexity index is 7.61. The molecule has 0 rings (SSSR count). The zero-order valence-corrected chi connectivity index (χ0v) is 5.79. The van der Waals surface area contributed by atoms with E-state index >= 15 is 0 Å². The van der Waals surface area contributed by atoms with Crippen LogP contribution in [0, 0.1) is 0 Å². The van der Waals surface area contributed by atoms with Crippen molar-refractivity contribution in [1.82, 2.24) is 0 Å². The van der Waals surface area contributed by atoms with Gasteiger partial charge in [-0.15, -0.1) is 24.8 Å². The second-order valence-corrected chi connectivity index (χ2v) is 1.34. The van der Waals surface area contributed by atoms with Gasteiger partial charge in [0.15, 0.2) is 0 Å². The summed E-state index contributed by atoms with van der Waals surface area (Å²) >= 11 is 0. The first-order valence-electron chi connectivity index (χ1n) is 0.894. The average molecular weight is 134 g/mol. The van der Waals surface area contributed by atoms with Crippen molar-refractivity contribution >= 4 is 33.4 Å². The van der Waals surface area contributed by atoms with Gasteiger partial charge in [-0.1, -0.05) is 8.58 Å². The molecule has 3 heteroatoms. The van der Waals surface area contributed by atoms with Gasteiger partial charge in [0.05, 0.1) is 0 Å². The fourth-order valence-electron chi connectivity index (χ4n) is 0. The van der Waals surface area contributed by atoms with Crippen molar-refractivity contribution in [2.75, 3.05) is 13.3 Å². The molecular formula is C2H8Cl2P. The van der Waals surface area contributed by atoms with Crippen LogP contribution in [0.3, 0.4) is 0 Å². The van der Waals surface area contributed by atoms with Crippen LogP contribution in [0.4, 0.5) is 0 Å². The Morgan fingerprint density at radius 2 is 1.00 bits per heavy atom. The molecule has 35 valence electrons. The molecule has 0 atom stereocenters. The van der Waals surface area contributed by atoms with Crippen LogP contribution in [0.2, 0.25) is 0 Å². The van der Waals surface area contributed by atoms with Crippen molar-refractivity contribution in [3.05, 3.63) is 0 Å². The minimum atomic E-state index is 0. The van der Waals surface area contributed by atoms with Crippen molar-refractivity contribution in [2.24, 2.45) is 0 Å². The third-order valence-electron chi connectivity index (χ3n) is 0. The number of rotatable bonds is 0. The van der Waals surface area contributed by atoms with Crippen LogP contribution >= 0.6 is 33.4 Å². The van der Waals surface area contributed by atoms with E-state index in [0.717, 1.165) is 0 Å². The first-order chi connectivity index (χ1) is 1.41. The molecule has 0 saturated heterocycles. The highest BCUT2D eigenvalue weighted by Crippen LogP contribution is 1.84. The topological polar surface area (TPSA) is 0 Å². The zero-order chi connectivity index (χ0) is 2.71. The van der Waals surface area contributed by atoms with Crippen molar-refractivity contribution in [3.63, 3.8) is 0 Å². The van der Waals surface area contributed by atoms with Crippen LogP contribution in [0.5, 0.6) is 0 Å². The van der Waals surface area contributed by atoms with Gasteiger partial charge >= 0.3 is 0 Å². The van der Waals surface area contributed by atoms with Gasteiger partial charge in [0.1, 0.15) is 0 Å². The van der Waals surface area contributed by atoms with E-state index < -0.39 is 0 Å². The normalized spacial score (nSPS) is 3.60. The molecule has 0 aromatic rings. The molecule has 0 unspecified atom stereocenters. The van der Waals surface area contributed by atoms with E-state index in [-0.39, 0.29) is 24.8 Å². The van der Waals surface area contributed by atoms with Gasteiger partial charge in [-0.2, -0.15) is 0 Å². The van der Waals surface area contributed by atoms with Crippen molar-refractivity contribution < 1.29 is 0 Å². The number of hydrogen-bond acceptors (Lipinski definition) is 0. The molecule has 0 aromatic carbocycles. The lowest BCUT2D eigenvalue weighted by atomic mass is 11.9. The Labute approximate surface area is 47.3 Å². The summed E-state index contributed by atoms with van der Waals surface area (Å²) in [6.07, 6.45) is 0. The van der Waals surface area contributed by atoms with Gasteiger partial charge in [0.25, 0.3) is 0 Å². The second kappa shape index (κ2) is 19.9. The molecule has 0 saturated carbocycles. The Balaban J connectivity index is -0.0000000200. The Hall–Kier alpha value is 1.01. The summed E-state index contributed by atoms with van der Waals surface area (Å²) in [4.78, 5) is 0. The van der Waals surface area contributed by atoms with E-state index in [1.807, 2.05) is 0 Å². The zero-order valence-electron chi connectivity index (χ0n) is 3.26. The maximum absolute atomic E-state index is 2.10. The summed E-state index contributed by atoms with van der Waals surface area (Å²) in [7, 11) is 1.42. The van der Waals surface area contributed by atoms with E-state index in [1.54, 1.807) is 0 Å². The SMILES string of the molecule is C[P]C.Cl.Cl. The molecule has 0 nitrogen and oxygen atoms in total. The van der Waals surface area contributed by atoms with Crippen molar-refractivity contribution in [3.8, 4) is 0 Å². The highest BCUT2D eigenvalue weighted by atomic mass is 35.5. The van der Waals surface area contributed by atoms with Crippen LogP contribution in [-0.4, -0.2) is 13.3 Å². The minimum absolute atomic E-state index is 0. The van der Waals surface area contributed by atoms with E-state index in [2.05, 4.69) is 13.3 Å². The molecule has 0 aliphatic carbocycles. The molecule has 0 aliphatic heterocycles. The quantitative estimate of drug-likeness (QED) is 0.444. The minimum Gasteiger partial charge on any atom is -0.147 e. The fraction of sp³-hybridized carbons (Fsp3) is 1.00. The molecule has 0 heterocycles. The van der Waals surface area contributed by atoms with Gasteiger partial charge in [-0.05, 0) is 13.3 Å². The Morgan fingerprint density at radius 3 is 1.00 bits per heavy atom. The summed E-state index contributed by atoms with van der Waals surface area (Å²) in [5, 5.41) is 0. The molecule has 0 spiro atoms. The van der Waals surface area contributed by atoms with E-state index in [1.165, 1.54) is 8.58 Å². The highest BCUT2D eigenvalue weighted by molar-refractivity contribution is 7.35. The summed E-state index contributed by atoms with van der Waals surface area (Å²) in [5.74, 6) is 0. The van der Waals surface area contributed by atoms with Crippen LogP contribution < -0.4 is 0 Å². The summed E-state index contributed by atoms with van der Waals surface area (Å²) in [5.41, 5.74) is 0. The van der Waals surface area contributed by atoms with Gasteiger partial charge in [-0.3, -0.25) is 0 Å². The molecule has 0 N–H and O–H groups in total. The summed E-state index contributed by atoms with van der Waals surface area (Å²) in [6, 6.07) is 0. The van der Waals surface area contributed by atoms with Crippen LogP contribution in [0.1, 0.15) is 0 Å². The number of halogens is 2. The molecule has 0 amide bonds. The third kappa shape index (κ3) is 44.5. The predicted octanol–water partition coefficient (Wildman–Crippen LogP) is 2.04. The van der Waals surface area contributed by atoms with E-state index in [0.29, 0.717) is 0 Å². The molecule has 1 radical (unpaired) electrons. The van der Waals surface area contributed by atoms with Crippen LogP contribution in [0.25, 0.3) is 0 Å². The molecule has 0 aromatic heterocycles. The van der Waals surface area contributed by atoms with E-state index in [9.17, 15) is 0 Å². The summed E-state index contributed by atoms with van der Waals surface area (Å²) < 4.78 is 0. The van der Waals surface area contributed by atoms with Crippen molar-refractivity contribution in [2.45, 2.75) is 0 Å². The maximum atomic E-state index is 2.10. The lowest BCUT2D eigenvalue weighted by molar-refractivity contribution is 2.32. The van der Waals surface area contributed by atoms with Gasteiger partial charge in [0, 0.05) is 0 Å². The predicted molar refractivity (Wildman–Crippen MR) is 33.3 cm³/mol. The fourth-order valence-corrected chi connectivity index (χ4v) is 0.